The number of halogens is 4. The summed E-state index contributed by atoms with van der Waals surface area (Å²) in [6, 6.07) is 0. The highest BCUT2D eigenvalue weighted by Gasteiger charge is 2.50. The summed E-state index contributed by atoms with van der Waals surface area (Å²) in [5, 5.41) is 0. The fraction of sp³-hybridized carbons (Fsp3) is 1.00. The number of rotatable bonds is 8. The molecule has 0 aliphatic rings. The van der Waals surface area contributed by atoms with E-state index in [1.165, 1.54) is 0 Å². The van der Waals surface area contributed by atoms with Crippen LogP contribution in [-0.4, -0.2) is 30.1 Å². The lowest BCUT2D eigenvalue weighted by Gasteiger charge is -2.41. The largest absolute Gasteiger partial charge is 0.300 e. The van der Waals surface area contributed by atoms with Crippen molar-refractivity contribution < 1.29 is 17.6 Å². The average Bonchev–Trinajstić information content (AvgIpc) is 2.22. The smallest absolute Gasteiger partial charge is 0.213 e. The Bertz CT molecular complexity index is 285. The van der Waals surface area contributed by atoms with E-state index in [0.717, 1.165) is 6.42 Å². The number of alkyl halides is 4. The summed E-state index contributed by atoms with van der Waals surface area (Å²) in [5.74, 6) is -8.14. The molecule has 0 aromatic heterocycles. The van der Waals surface area contributed by atoms with E-state index in [1.54, 1.807) is 11.8 Å². The first-order chi connectivity index (χ1) is 8.27. The van der Waals surface area contributed by atoms with Crippen LogP contribution in [-0.2, 0) is 0 Å². The van der Waals surface area contributed by atoms with Gasteiger partial charge in [0, 0.05) is 11.2 Å². The third-order valence-electron chi connectivity index (χ3n) is 4.10. The molecule has 0 atom stereocenters. The zero-order valence-corrected chi connectivity index (χ0v) is 13.1. The Balaban J connectivity index is 4.27. The van der Waals surface area contributed by atoms with Crippen LogP contribution in [0.4, 0.5) is 17.6 Å². The van der Waals surface area contributed by atoms with Crippen molar-refractivity contribution in [3.8, 4) is 0 Å². The van der Waals surface area contributed by atoms with Crippen molar-refractivity contribution in [3.05, 3.63) is 0 Å². The van der Waals surface area contributed by atoms with Gasteiger partial charge in [-0.1, -0.05) is 34.6 Å². The number of hydrogen-bond acceptors (Lipinski definition) is 1. The van der Waals surface area contributed by atoms with Crippen molar-refractivity contribution in [1.29, 1.82) is 0 Å². The number of hydrogen-bond donors (Lipinski definition) is 0. The van der Waals surface area contributed by atoms with Crippen molar-refractivity contribution >= 4 is 19.6 Å². The first-order valence-corrected chi connectivity index (χ1v) is 7.44. The Morgan fingerprint density at radius 2 is 1.47 bits per heavy atom. The SMILES string of the molecule is [B]C(F)(F)C(F)(F)CCCSC(C)(C)C(C)(C)CC. The number of thioether (sulfide) groups is 1. The van der Waals surface area contributed by atoms with Gasteiger partial charge in [0.2, 0.25) is 0 Å². The Morgan fingerprint density at radius 1 is 1.00 bits per heavy atom. The van der Waals surface area contributed by atoms with Gasteiger partial charge in [0.15, 0.2) is 7.85 Å². The second-order valence-electron chi connectivity index (χ2n) is 6.03. The van der Waals surface area contributed by atoms with Gasteiger partial charge in [-0.3, -0.25) is 0 Å². The van der Waals surface area contributed by atoms with Crippen LogP contribution in [0.2, 0.25) is 0 Å². The first-order valence-electron chi connectivity index (χ1n) is 6.45. The summed E-state index contributed by atoms with van der Waals surface area (Å²) in [7, 11) is 4.18. The molecular weight excluding hydrogens is 275 g/mol. The van der Waals surface area contributed by atoms with Crippen LogP contribution in [0.15, 0.2) is 0 Å². The lowest BCUT2D eigenvalue weighted by Crippen LogP contribution is -2.41. The zero-order valence-electron chi connectivity index (χ0n) is 12.3. The maximum atomic E-state index is 13.0. The maximum Gasteiger partial charge on any atom is 0.300 e. The van der Waals surface area contributed by atoms with Crippen LogP contribution in [0.1, 0.15) is 53.9 Å². The lowest BCUT2D eigenvalue weighted by molar-refractivity contribution is -0.161. The molecule has 0 aromatic carbocycles. The lowest BCUT2D eigenvalue weighted by atomic mass is 9.78. The van der Waals surface area contributed by atoms with Crippen molar-refractivity contribution in [3.63, 3.8) is 0 Å². The van der Waals surface area contributed by atoms with Crippen molar-refractivity contribution in [2.75, 3.05) is 5.75 Å². The molecule has 0 unspecified atom stereocenters. The molecule has 0 heterocycles. The summed E-state index contributed by atoms with van der Waals surface area (Å²) < 4.78 is 50.7. The molecule has 0 spiro atoms. The van der Waals surface area contributed by atoms with Crippen molar-refractivity contribution in [1.82, 2.24) is 0 Å². The van der Waals surface area contributed by atoms with E-state index >= 15 is 0 Å². The molecule has 0 bridgehead atoms. The molecule has 0 N–H and O–H groups in total. The van der Waals surface area contributed by atoms with Gasteiger partial charge in [-0.2, -0.15) is 11.8 Å². The molecule has 6 heteroatoms. The van der Waals surface area contributed by atoms with Gasteiger partial charge < -0.3 is 0 Å². The molecule has 0 amide bonds. The highest BCUT2D eigenvalue weighted by molar-refractivity contribution is 8.00. The molecule has 0 saturated heterocycles. The molecule has 0 aliphatic heterocycles. The van der Waals surface area contributed by atoms with E-state index in [9.17, 15) is 17.6 Å². The topological polar surface area (TPSA) is 0 Å². The second-order valence-corrected chi connectivity index (χ2v) is 7.74. The van der Waals surface area contributed by atoms with Crippen LogP contribution in [0, 0.1) is 5.41 Å². The summed E-state index contributed by atoms with van der Waals surface area (Å²) in [6.45, 7) is 10.4. The van der Waals surface area contributed by atoms with Gasteiger partial charge in [0.05, 0.1) is 0 Å². The first kappa shape index (κ1) is 19.1. The van der Waals surface area contributed by atoms with E-state index in [4.69, 9.17) is 0 Å². The van der Waals surface area contributed by atoms with E-state index < -0.39 is 18.2 Å². The van der Waals surface area contributed by atoms with Crippen molar-refractivity contribution in [2.45, 2.75) is 70.4 Å². The van der Waals surface area contributed by atoms with Gasteiger partial charge in [-0.25, -0.2) is 17.6 Å². The molecule has 112 valence electrons. The highest BCUT2D eigenvalue weighted by atomic mass is 32.2. The average molecular weight is 298 g/mol. The van der Waals surface area contributed by atoms with E-state index in [2.05, 4.69) is 42.5 Å². The van der Waals surface area contributed by atoms with Gasteiger partial charge in [0.25, 0.3) is 11.7 Å². The molecule has 0 nitrogen and oxygen atoms in total. The predicted molar refractivity (Wildman–Crippen MR) is 75.5 cm³/mol. The summed E-state index contributed by atoms with van der Waals surface area (Å²) in [5.41, 5.74) is 0.0536. The molecule has 0 saturated carbocycles. The minimum atomic E-state index is -4.43. The third-order valence-corrected chi connectivity index (χ3v) is 5.87. The van der Waals surface area contributed by atoms with E-state index in [0.29, 0.717) is 5.75 Å². The molecule has 19 heavy (non-hydrogen) atoms. The molecule has 0 rings (SSSR count). The minimum Gasteiger partial charge on any atom is -0.213 e. The summed E-state index contributed by atoms with van der Waals surface area (Å²) in [4.78, 5) is 0. The molecule has 2 radical (unpaired) electrons. The van der Waals surface area contributed by atoms with Crippen LogP contribution in [0.5, 0.6) is 0 Å². The van der Waals surface area contributed by atoms with Gasteiger partial charge >= 0.3 is 0 Å². The molecule has 0 fully saturated rings. The summed E-state index contributed by atoms with van der Waals surface area (Å²) >= 11 is 1.54. The highest BCUT2D eigenvalue weighted by Crippen LogP contribution is 2.44. The van der Waals surface area contributed by atoms with E-state index in [-0.39, 0.29) is 16.6 Å². The van der Waals surface area contributed by atoms with Gasteiger partial charge in [-0.15, -0.1) is 0 Å². The molecule has 0 aromatic rings. The third kappa shape index (κ3) is 5.20. The van der Waals surface area contributed by atoms with Gasteiger partial charge in [-0.05, 0) is 24.0 Å². The van der Waals surface area contributed by atoms with Crippen LogP contribution in [0.3, 0.4) is 0 Å². The second kappa shape index (κ2) is 6.27. The van der Waals surface area contributed by atoms with Crippen LogP contribution < -0.4 is 0 Å². The standard InChI is InChI=1S/C13H23BF4S/c1-6-10(2,3)11(4,5)19-9-7-8-12(15,16)13(14,17)18/h6-9H2,1-5H3. The van der Waals surface area contributed by atoms with Crippen molar-refractivity contribution in [2.24, 2.45) is 5.41 Å². The fourth-order valence-electron chi connectivity index (χ4n) is 1.41. The Morgan fingerprint density at radius 3 is 1.84 bits per heavy atom. The zero-order chi connectivity index (χ0) is 15.5. The monoisotopic (exact) mass is 298 g/mol. The summed E-state index contributed by atoms with van der Waals surface area (Å²) in [6.07, 6.45) is 0.101. The van der Waals surface area contributed by atoms with Gasteiger partial charge in [0.1, 0.15) is 0 Å². The minimum absolute atomic E-state index is 0.0215. The Hall–Kier alpha value is 0.135. The molecule has 0 aliphatic carbocycles. The maximum absolute atomic E-state index is 13.0. The predicted octanol–water partition coefficient (Wildman–Crippen LogP) is 5.11. The fourth-order valence-corrected chi connectivity index (χ4v) is 2.74. The van der Waals surface area contributed by atoms with Crippen LogP contribution in [0.25, 0.3) is 0 Å². The molecular formula is C13H23BF4S. The Kier molecular flexibility index (Phi) is 6.32. The van der Waals surface area contributed by atoms with Crippen LogP contribution >= 0.6 is 11.8 Å². The Labute approximate surface area is 119 Å². The quantitative estimate of drug-likeness (QED) is 0.341. The van der Waals surface area contributed by atoms with E-state index in [1.807, 2.05) is 0 Å². The normalized spacial score (nSPS) is 14.8.